The summed E-state index contributed by atoms with van der Waals surface area (Å²) in [6, 6.07) is 14.6. The van der Waals surface area contributed by atoms with Crippen LogP contribution in [-0.4, -0.2) is 54.1 Å². The Labute approximate surface area is 218 Å². The number of fused-ring (bicyclic) bond motifs is 1. The molecule has 4 N–H and O–H groups in total. The van der Waals surface area contributed by atoms with E-state index in [-0.39, 0.29) is 17.1 Å². The Balaban J connectivity index is 1.48. The van der Waals surface area contributed by atoms with E-state index in [0.29, 0.717) is 23.2 Å². The monoisotopic (exact) mass is 535 g/mol. The van der Waals surface area contributed by atoms with E-state index in [1.54, 1.807) is 24.4 Å². The van der Waals surface area contributed by atoms with Crippen molar-refractivity contribution in [2.24, 2.45) is 0 Å². The fourth-order valence-corrected chi connectivity index (χ4v) is 4.80. The molecule has 12 heteroatoms. The van der Waals surface area contributed by atoms with Crippen molar-refractivity contribution in [1.82, 2.24) is 19.7 Å². The number of carboxylic acid groups (broad SMARTS) is 1. The largest absolute Gasteiger partial charge is 0.497 e. The zero-order valence-electron chi connectivity index (χ0n) is 20.3. The lowest BCUT2D eigenvalue weighted by Gasteiger charge is -2.15. The van der Waals surface area contributed by atoms with Crippen molar-refractivity contribution in [3.8, 4) is 5.75 Å². The number of anilines is 1. The van der Waals surface area contributed by atoms with Gasteiger partial charge in [-0.25, -0.2) is 18.4 Å². The Morgan fingerprint density at radius 3 is 2.63 bits per heavy atom. The number of hydrogen-bond acceptors (Lipinski definition) is 8. The number of nitrogens with zero attached hydrogens (tertiary/aromatic N) is 2. The Morgan fingerprint density at radius 1 is 1.16 bits per heavy atom. The van der Waals surface area contributed by atoms with Crippen LogP contribution in [-0.2, 0) is 21.2 Å². The van der Waals surface area contributed by atoms with E-state index in [1.807, 2.05) is 30.4 Å². The number of rotatable bonds is 11. The second-order valence-electron chi connectivity index (χ2n) is 8.18. The van der Waals surface area contributed by atoms with Crippen LogP contribution in [0, 0.1) is 0 Å². The van der Waals surface area contributed by atoms with Crippen LogP contribution in [0.25, 0.3) is 17.0 Å². The van der Waals surface area contributed by atoms with Crippen molar-refractivity contribution < 1.29 is 23.1 Å². The summed E-state index contributed by atoms with van der Waals surface area (Å²) in [5.41, 5.74) is 0.666. The smallest absolute Gasteiger partial charge is 0.322 e. The average Bonchev–Trinajstić information content (AvgIpc) is 2.91. The van der Waals surface area contributed by atoms with Gasteiger partial charge in [0.25, 0.3) is 5.56 Å². The van der Waals surface area contributed by atoms with Gasteiger partial charge in [0.05, 0.1) is 22.9 Å². The van der Waals surface area contributed by atoms with Gasteiger partial charge in [0.15, 0.2) is 0 Å². The molecule has 2 aromatic carbocycles. The lowest BCUT2D eigenvalue weighted by molar-refractivity contribution is -0.139. The van der Waals surface area contributed by atoms with Crippen molar-refractivity contribution in [2.75, 3.05) is 19.0 Å². The van der Waals surface area contributed by atoms with E-state index in [9.17, 15) is 23.1 Å². The van der Waals surface area contributed by atoms with Crippen LogP contribution in [0.1, 0.15) is 11.4 Å². The molecule has 0 aliphatic carbocycles. The molecule has 4 aromatic rings. The topological polar surface area (TPSA) is 163 Å². The first-order chi connectivity index (χ1) is 18.2. The fraction of sp³-hybridized carbons (Fsp3) is 0.154. The summed E-state index contributed by atoms with van der Waals surface area (Å²) in [6.45, 7) is 0.533. The number of aromatic amines is 1. The highest BCUT2D eigenvalue weighted by atomic mass is 32.2. The number of benzene rings is 2. The maximum absolute atomic E-state index is 12.7. The van der Waals surface area contributed by atoms with Gasteiger partial charge < -0.3 is 20.1 Å². The third-order valence-corrected chi connectivity index (χ3v) is 7.00. The summed E-state index contributed by atoms with van der Waals surface area (Å²) in [7, 11) is -2.72. The number of nitrogens with one attached hydrogen (secondary N) is 3. The van der Waals surface area contributed by atoms with Gasteiger partial charge in [-0.15, -0.1) is 0 Å². The van der Waals surface area contributed by atoms with Gasteiger partial charge >= 0.3 is 5.97 Å². The van der Waals surface area contributed by atoms with E-state index >= 15 is 0 Å². The Morgan fingerprint density at radius 2 is 1.95 bits per heavy atom. The summed E-state index contributed by atoms with van der Waals surface area (Å²) in [5, 5.41) is 13.1. The standard InChI is InChI=1S/C26H25N5O6S/c1-37-18-8-10-19(11-9-18)38(35,36)31-22(26(33)34)16-24-29-21-12-7-17(15-20(21)25(32)30-24)5-4-14-28-23-6-2-3-13-27-23/h2-13,15,22,31H,14,16H2,1H3,(H,27,28)(H,33,34)(H,29,30,32)/b5-4+/t22-/m0/s1. The molecule has 0 saturated carbocycles. The highest BCUT2D eigenvalue weighted by Gasteiger charge is 2.27. The van der Waals surface area contributed by atoms with Gasteiger partial charge in [0, 0.05) is 19.2 Å². The van der Waals surface area contributed by atoms with E-state index in [2.05, 4.69) is 25.0 Å². The molecule has 0 spiro atoms. The van der Waals surface area contributed by atoms with Crippen LogP contribution < -0.4 is 20.3 Å². The maximum Gasteiger partial charge on any atom is 0.322 e. The highest BCUT2D eigenvalue weighted by Crippen LogP contribution is 2.17. The van der Waals surface area contributed by atoms with Crippen molar-refractivity contribution in [2.45, 2.75) is 17.4 Å². The number of aliphatic carboxylic acids is 1. The number of carbonyl (C=O) groups is 1. The highest BCUT2D eigenvalue weighted by molar-refractivity contribution is 7.89. The first kappa shape index (κ1) is 26.5. The minimum atomic E-state index is -4.16. The third kappa shape index (κ3) is 6.60. The van der Waals surface area contributed by atoms with Crippen LogP contribution in [0.5, 0.6) is 5.75 Å². The van der Waals surface area contributed by atoms with Crippen molar-refractivity contribution in [3.05, 3.63) is 94.7 Å². The summed E-state index contributed by atoms with van der Waals surface area (Å²) in [4.78, 5) is 35.6. The molecule has 0 radical (unpaired) electrons. The van der Waals surface area contributed by atoms with Crippen LogP contribution in [0.3, 0.4) is 0 Å². The Kier molecular flexibility index (Phi) is 8.14. The zero-order valence-corrected chi connectivity index (χ0v) is 21.1. The summed E-state index contributed by atoms with van der Waals surface area (Å²) in [5.74, 6) is -0.175. The van der Waals surface area contributed by atoms with Gasteiger partial charge in [-0.05, 0) is 54.1 Å². The lowest BCUT2D eigenvalue weighted by atomic mass is 10.1. The molecule has 4 rings (SSSR count). The first-order valence-electron chi connectivity index (χ1n) is 11.5. The molecule has 0 saturated heterocycles. The minimum absolute atomic E-state index is 0.0372. The number of ether oxygens (including phenoxy) is 1. The SMILES string of the molecule is COc1ccc(S(=O)(=O)N[C@@H](Cc2nc3ccc(/C=C/CNc4ccccn4)cc3c(=O)[nH]2)C(=O)O)cc1. The molecule has 2 aromatic heterocycles. The average molecular weight is 536 g/mol. The van der Waals surface area contributed by atoms with Crippen molar-refractivity contribution in [1.29, 1.82) is 0 Å². The molecule has 11 nitrogen and oxygen atoms in total. The molecule has 0 aliphatic rings. The molecule has 2 heterocycles. The summed E-state index contributed by atoms with van der Waals surface area (Å²) >= 11 is 0. The van der Waals surface area contributed by atoms with E-state index in [1.165, 1.54) is 31.4 Å². The Bertz CT molecular complexity index is 1620. The quantitative estimate of drug-likeness (QED) is 0.226. The summed E-state index contributed by atoms with van der Waals surface area (Å²) < 4.78 is 32.6. The molecule has 38 heavy (non-hydrogen) atoms. The van der Waals surface area contributed by atoms with E-state index in [0.717, 1.165) is 11.4 Å². The minimum Gasteiger partial charge on any atom is -0.497 e. The van der Waals surface area contributed by atoms with Crippen molar-refractivity contribution >= 4 is 38.8 Å². The molecule has 0 aliphatic heterocycles. The van der Waals surface area contributed by atoms with Gasteiger partial charge in [-0.2, -0.15) is 4.72 Å². The second kappa shape index (κ2) is 11.7. The normalized spacial score (nSPS) is 12.4. The number of methoxy groups -OCH3 is 1. The van der Waals surface area contributed by atoms with Crippen molar-refractivity contribution in [3.63, 3.8) is 0 Å². The number of H-pyrrole nitrogens is 1. The van der Waals surface area contributed by atoms with Gasteiger partial charge in [0.2, 0.25) is 10.0 Å². The molecule has 0 unspecified atom stereocenters. The third-order valence-electron chi connectivity index (χ3n) is 5.52. The molecular weight excluding hydrogens is 510 g/mol. The van der Waals surface area contributed by atoms with Crippen LogP contribution >= 0.6 is 0 Å². The van der Waals surface area contributed by atoms with E-state index < -0.39 is 27.6 Å². The molecule has 0 bridgehead atoms. The fourth-order valence-electron chi connectivity index (χ4n) is 3.61. The molecule has 1 atom stereocenters. The number of carboxylic acids is 1. The Hall–Kier alpha value is -4.55. The van der Waals surface area contributed by atoms with Gasteiger partial charge in [0.1, 0.15) is 23.4 Å². The number of hydrogen-bond donors (Lipinski definition) is 4. The van der Waals surface area contributed by atoms with E-state index in [4.69, 9.17) is 4.74 Å². The molecule has 0 fully saturated rings. The molecule has 196 valence electrons. The predicted molar refractivity (Wildman–Crippen MR) is 143 cm³/mol. The van der Waals surface area contributed by atoms with Crippen LogP contribution in [0.4, 0.5) is 5.82 Å². The maximum atomic E-state index is 12.7. The van der Waals surface area contributed by atoms with Gasteiger partial charge in [-0.1, -0.05) is 24.3 Å². The molecule has 0 amide bonds. The lowest BCUT2D eigenvalue weighted by Crippen LogP contribution is -2.42. The predicted octanol–water partition coefficient (Wildman–Crippen LogP) is 2.43. The van der Waals surface area contributed by atoms with Crippen LogP contribution in [0.2, 0.25) is 0 Å². The summed E-state index contributed by atoms with van der Waals surface area (Å²) in [6.07, 6.45) is 5.06. The number of sulfonamides is 1. The van der Waals surface area contributed by atoms with Crippen LogP contribution in [0.15, 0.2) is 82.6 Å². The first-order valence-corrected chi connectivity index (χ1v) is 13.0. The second-order valence-corrected chi connectivity index (χ2v) is 9.89. The number of pyridine rings is 1. The van der Waals surface area contributed by atoms with Gasteiger partial charge in [-0.3, -0.25) is 9.59 Å². The number of aromatic nitrogens is 3. The zero-order chi connectivity index (χ0) is 27.1. The molecular formula is C26H25N5O6S.